The van der Waals surface area contributed by atoms with Gasteiger partial charge in [0, 0.05) is 11.6 Å². The fourth-order valence-electron chi connectivity index (χ4n) is 2.77. The molecule has 0 saturated carbocycles. The van der Waals surface area contributed by atoms with Gasteiger partial charge in [0.15, 0.2) is 6.10 Å². The van der Waals surface area contributed by atoms with E-state index in [1.807, 2.05) is 0 Å². The zero-order valence-electron chi connectivity index (χ0n) is 19.1. The summed E-state index contributed by atoms with van der Waals surface area (Å²) < 4.78 is 28.7. The topological polar surface area (TPSA) is 115 Å². The maximum absolute atomic E-state index is 13.0. The lowest BCUT2D eigenvalue weighted by Crippen LogP contribution is -2.55. The number of nitrogens with one attached hydrogen (secondary N) is 3. The zero-order chi connectivity index (χ0) is 24.5. The van der Waals surface area contributed by atoms with Gasteiger partial charge in [-0.3, -0.25) is 25.2 Å². The number of halogens is 1. The summed E-state index contributed by atoms with van der Waals surface area (Å²) in [7, 11) is 2.93. The molecule has 2 unspecified atom stereocenters. The van der Waals surface area contributed by atoms with Crippen molar-refractivity contribution in [3.8, 4) is 17.2 Å². The average molecular weight is 461 g/mol. The molecule has 0 bridgehead atoms. The first-order valence-corrected chi connectivity index (χ1v) is 10.2. The number of rotatable bonds is 9. The molecule has 3 amide bonds. The molecule has 2 aromatic carbocycles. The van der Waals surface area contributed by atoms with Crippen LogP contribution in [0.5, 0.6) is 17.2 Å². The molecule has 2 atom stereocenters. The van der Waals surface area contributed by atoms with Crippen molar-refractivity contribution in [2.45, 2.75) is 32.9 Å². The van der Waals surface area contributed by atoms with Crippen molar-refractivity contribution in [1.29, 1.82) is 0 Å². The van der Waals surface area contributed by atoms with Crippen molar-refractivity contribution in [3.05, 3.63) is 53.8 Å². The summed E-state index contributed by atoms with van der Waals surface area (Å²) in [6.07, 6.45) is -0.966. The second kappa shape index (κ2) is 11.7. The third-order valence-electron chi connectivity index (χ3n) is 4.65. The highest BCUT2D eigenvalue weighted by Crippen LogP contribution is 2.22. The van der Waals surface area contributed by atoms with Gasteiger partial charge in [-0.1, -0.05) is 13.8 Å². The van der Waals surface area contributed by atoms with Crippen molar-refractivity contribution < 1.29 is 33.0 Å². The van der Waals surface area contributed by atoms with E-state index in [-0.39, 0.29) is 11.5 Å². The Labute approximate surface area is 191 Å². The molecule has 2 aromatic rings. The molecule has 33 heavy (non-hydrogen) atoms. The molecule has 3 N–H and O–H groups in total. The number of hydrogen-bond acceptors (Lipinski definition) is 6. The van der Waals surface area contributed by atoms with Gasteiger partial charge in [-0.2, -0.15) is 0 Å². The van der Waals surface area contributed by atoms with Gasteiger partial charge in [-0.05, 0) is 49.2 Å². The Morgan fingerprint density at radius 2 is 1.36 bits per heavy atom. The predicted molar refractivity (Wildman–Crippen MR) is 118 cm³/mol. The van der Waals surface area contributed by atoms with Gasteiger partial charge in [-0.25, -0.2) is 4.39 Å². The van der Waals surface area contributed by atoms with Gasteiger partial charge < -0.3 is 19.5 Å². The van der Waals surface area contributed by atoms with Crippen molar-refractivity contribution in [2.75, 3.05) is 14.2 Å². The summed E-state index contributed by atoms with van der Waals surface area (Å²) in [5, 5.41) is 2.65. The Bertz CT molecular complexity index is 958. The van der Waals surface area contributed by atoms with Crippen molar-refractivity contribution in [2.24, 2.45) is 5.92 Å². The lowest BCUT2D eigenvalue weighted by molar-refractivity contribution is -0.133. The van der Waals surface area contributed by atoms with E-state index in [0.717, 1.165) is 0 Å². The van der Waals surface area contributed by atoms with E-state index in [9.17, 15) is 18.8 Å². The molecule has 10 heteroatoms. The number of carbonyl (C=O) groups excluding carboxylic acids is 3. The van der Waals surface area contributed by atoms with Gasteiger partial charge in [0.05, 0.1) is 14.2 Å². The molecule has 0 aliphatic carbocycles. The van der Waals surface area contributed by atoms with Crippen LogP contribution in [0.2, 0.25) is 0 Å². The number of amides is 3. The van der Waals surface area contributed by atoms with Crippen LogP contribution in [0.15, 0.2) is 42.5 Å². The number of ether oxygens (including phenoxy) is 3. The molecule has 178 valence electrons. The van der Waals surface area contributed by atoms with Gasteiger partial charge in [0.2, 0.25) is 0 Å². The number of hydrazine groups is 1. The normalized spacial score (nSPS) is 12.3. The molecule has 0 spiro atoms. The smallest absolute Gasteiger partial charge is 0.279 e. The maximum Gasteiger partial charge on any atom is 0.279 e. The molecule has 0 aliphatic heterocycles. The van der Waals surface area contributed by atoms with E-state index in [4.69, 9.17) is 14.2 Å². The van der Waals surface area contributed by atoms with Crippen LogP contribution >= 0.6 is 0 Å². The highest BCUT2D eigenvalue weighted by Gasteiger charge is 2.26. The highest BCUT2D eigenvalue weighted by molar-refractivity contribution is 5.98. The van der Waals surface area contributed by atoms with Gasteiger partial charge in [-0.15, -0.1) is 0 Å². The van der Waals surface area contributed by atoms with Gasteiger partial charge in [0.1, 0.15) is 29.1 Å². The summed E-state index contributed by atoms with van der Waals surface area (Å²) in [6.45, 7) is 4.97. The van der Waals surface area contributed by atoms with Crippen LogP contribution in [-0.4, -0.2) is 44.1 Å². The minimum Gasteiger partial charge on any atom is -0.497 e. The van der Waals surface area contributed by atoms with Crippen LogP contribution in [0.1, 0.15) is 31.1 Å². The van der Waals surface area contributed by atoms with Crippen molar-refractivity contribution in [1.82, 2.24) is 16.2 Å². The summed E-state index contributed by atoms with van der Waals surface area (Å²) in [5.41, 5.74) is 4.81. The standard InChI is InChI=1S/C23H28FN3O6/c1-13(2)20(25-22(29)15-10-18(31-4)12-19(11-15)32-5)23(30)27-26-21(28)14(3)33-17-8-6-16(24)7-9-17/h6-14,20H,1-5H3,(H,25,29)(H,26,28)(H,27,30). The largest absolute Gasteiger partial charge is 0.497 e. The summed E-state index contributed by atoms with van der Waals surface area (Å²) >= 11 is 0. The first-order chi connectivity index (χ1) is 15.6. The fraction of sp³-hybridized carbons (Fsp3) is 0.348. The van der Waals surface area contributed by atoms with E-state index in [1.54, 1.807) is 19.9 Å². The molecule has 0 fully saturated rings. The molecule has 0 saturated heterocycles. The van der Waals surface area contributed by atoms with Crippen LogP contribution < -0.4 is 30.4 Å². The Morgan fingerprint density at radius 1 is 0.818 bits per heavy atom. The average Bonchev–Trinajstić information content (AvgIpc) is 2.81. The monoisotopic (exact) mass is 461 g/mol. The molecule has 0 heterocycles. The van der Waals surface area contributed by atoms with Crippen molar-refractivity contribution in [3.63, 3.8) is 0 Å². The Hall–Kier alpha value is -3.82. The van der Waals surface area contributed by atoms with Gasteiger partial charge in [0.25, 0.3) is 17.7 Å². The van der Waals surface area contributed by atoms with E-state index < -0.39 is 35.7 Å². The SMILES string of the molecule is COc1cc(OC)cc(C(=O)NC(C(=O)NNC(=O)C(C)Oc2ccc(F)cc2)C(C)C)c1. The lowest BCUT2D eigenvalue weighted by Gasteiger charge is -2.23. The van der Waals surface area contributed by atoms with E-state index in [2.05, 4.69) is 16.2 Å². The zero-order valence-corrected chi connectivity index (χ0v) is 19.1. The number of hydrogen-bond donors (Lipinski definition) is 3. The van der Waals surface area contributed by atoms with Crippen LogP contribution in [0.3, 0.4) is 0 Å². The minimum atomic E-state index is -0.966. The van der Waals surface area contributed by atoms with Crippen LogP contribution in [-0.2, 0) is 9.59 Å². The molecule has 9 nitrogen and oxygen atoms in total. The molecule has 0 aromatic heterocycles. The molecular formula is C23H28FN3O6. The molecule has 0 radical (unpaired) electrons. The summed E-state index contributed by atoms with van der Waals surface area (Å²) in [4.78, 5) is 37.6. The Morgan fingerprint density at radius 3 is 1.88 bits per heavy atom. The molecule has 0 aliphatic rings. The van der Waals surface area contributed by atoms with Crippen LogP contribution in [0, 0.1) is 11.7 Å². The van der Waals surface area contributed by atoms with Gasteiger partial charge >= 0.3 is 0 Å². The Kier molecular flexibility index (Phi) is 9.02. The maximum atomic E-state index is 13.0. The first-order valence-electron chi connectivity index (χ1n) is 10.2. The second-order valence-corrected chi connectivity index (χ2v) is 7.49. The minimum absolute atomic E-state index is 0.245. The Balaban J connectivity index is 1.98. The number of methoxy groups -OCH3 is 2. The van der Waals surface area contributed by atoms with E-state index in [0.29, 0.717) is 17.2 Å². The first kappa shape index (κ1) is 25.4. The lowest BCUT2D eigenvalue weighted by atomic mass is 10.0. The van der Waals surface area contributed by atoms with E-state index in [1.165, 1.54) is 57.5 Å². The number of carbonyl (C=O) groups is 3. The third-order valence-corrected chi connectivity index (χ3v) is 4.65. The highest BCUT2D eigenvalue weighted by atomic mass is 19.1. The number of benzene rings is 2. The molecule has 2 rings (SSSR count). The van der Waals surface area contributed by atoms with E-state index >= 15 is 0 Å². The summed E-state index contributed by atoms with van der Waals surface area (Å²) in [6, 6.07) is 8.89. The van der Waals surface area contributed by atoms with Crippen LogP contribution in [0.4, 0.5) is 4.39 Å². The van der Waals surface area contributed by atoms with Crippen molar-refractivity contribution >= 4 is 17.7 Å². The second-order valence-electron chi connectivity index (χ2n) is 7.49. The quantitative estimate of drug-likeness (QED) is 0.494. The van der Waals surface area contributed by atoms with Crippen LogP contribution in [0.25, 0.3) is 0 Å². The summed E-state index contributed by atoms with van der Waals surface area (Å²) in [5.74, 6) is -1.33. The fourth-order valence-corrected chi connectivity index (χ4v) is 2.77. The predicted octanol–water partition coefficient (Wildman–Crippen LogP) is 2.21. The third kappa shape index (κ3) is 7.37. The molecular weight excluding hydrogens is 433 g/mol.